The van der Waals surface area contributed by atoms with Crippen molar-refractivity contribution in [3.8, 4) is 0 Å². The van der Waals surface area contributed by atoms with Gasteiger partial charge in [0.05, 0.1) is 19.3 Å². The number of ether oxygens (including phenoxy) is 2. The molecule has 0 aliphatic heterocycles. The van der Waals surface area contributed by atoms with E-state index in [1.165, 1.54) is 7.11 Å². The van der Waals surface area contributed by atoms with Crippen LogP contribution < -0.4 is 11.1 Å². The van der Waals surface area contributed by atoms with Gasteiger partial charge in [-0.1, -0.05) is 6.92 Å². The van der Waals surface area contributed by atoms with E-state index < -0.39 is 5.97 Å². The lowest BCUT2D eigenvalue weighted by molar-refractivity contribution is 0.0602. The maximum absolute atomic E-state index is 11.6. The summed E-state index contributed by atoms with van der Waals surface area (Å²) in [5, 5.41) is 3.31. The van der Waals surface area contributed by atoms with Crippen LogP contribution in [-0.4, -0.2) is 32.8 Å². The van der Waals surface area contributed by atoms with Gasteiger partial charge in [-0.15, -0.1) is 0 Å². The van der Waals surface area contributed by atoms with E-state index in [1.54, 1.807) is 19.2 Å². The van der Waals surface area contributed by atoms with Crippen molar-refractivity contribution >= 4 is 33.3 Å². The summed E-state index contributed by atoms with van der Waals surface area (Å²) < 4.78 is 10.6. The molecule has 106 valence electrons. The molecule has 1 aromatic carbocycles. The van der Waals surface area contributed by atoms with E-state index in [9.17, 15) is 4.79 Å². The number of anilines is 2. The van der Waals surface area contributed by atoms with Crippen molar-refractivity contribution in [1.82, 2.24) is 0 Å². The summed E-state index contributed by atoms with van der Waals surface area (Å²) in [7, 11) is 2.99. The second-order valence-electron chi connectivity index (χ2n) is 4.12. The van der Waals surface area contributed by atoms with Gasteiger partial charge in [0.15, 0.2) is 0 Å². The van der Waals surface area contributed by atoms with Crippen LogP contribution in [0.15, 0.2) is 16.6 Å². The van der Waals surface area contributed by atoms with Gasteiger partial charge in [-0.3, -0.25) is 0 Å². The summed E-state index contributed by atoms with van der Waals surface area (Å²) >= 11 is 3.43. The quantitative estimate of drug-likeness (QED) is 0.619. The minimum absolute atomic E-state index is 0.162. The van der Waals surface area contributed by atoms with E-state index in [2.05, 4.69) is 28.2 Å². The number of nitrogens with two attached hydrogens (primary N) is 1. The number of methoxy groups -OCH3 is 2. The van der Waals surface area contributed by atoms with Crippen molar-refractivity contribution in [1.29, 1.82) is 0 Å². The molecule has 0 aliphatic carbocycles. The SMILES string of the molecule is CCC(COC)Nc1cc(C(=O)OC)c(N)cc1Br. The molecule has 1 aromatic rings. The lowest BCUT2D eigenvalue weighted by Gasteiger charge is -2.19. The highest BCUT2D eigenvalue weighted by molar-refractivity contribution is 9.10. The number of esters is 1. The first kappa shape index (κ1) is 15.8. The third-order valence-electron chi connectivity index (χ3n) is 2.76. The minimum Gasteiger partial charge on any atom is -0.465 e. The second kappa shape index (κ2) is 7.35. The van der Waals surface area contributed by atoms with Crippen LogP contribution in [0.3, 0.4) is 0 Å². The molecule has 3 N–H and O–H groups in total. The fourth-order valence-electron chi connectivity index (χ4n) is 1.67. The van der Waals surface area contributed by atoms with Gasteiger partial charge in [0.1, 0.15) is 0 Å². The maximum Gasteiger partial charge on any atom is 0.340 e. The van der Waals surface area contributed by atoms with Gasteiger partial charge in [0.25, 0.3) is 0 Å². The first-order chi connectivity index (χ1) is 9.03. The summed E-state index contributed by atoms with van der Waals surface area (Å²) in [6, 6.07) is 3.54. The van der Waals surface area contributed by atoms with Gasteiger partial charge in [0.2, 0.25) is 0 Å². The van der Waals surface area contributed by atoms with Crippen molar-refractivity contribution in [2.24, 2.45) is 0 Å². The molecule has 1 rings (SSSR count). The summed E-state index contributed by atoms with van der Waals surface area (Å²) in [5.74, 6) is -0.451. The Labute approximate surface area is 121 Å². The van der Waals surface area contributed by atoms with Crippen molar-refractivity contribution in [2.45, 2.75) is 19.4 Å². The van der Waals surface area contributed by atoms with Crippen molar-refractivity contribution in [3.05, 3.63) is 22.2 Å². The number of hydrogen-bond donors (Lipinski definition) is 2. The van der Waals surface area contributed by atoms with Crippen LogP contribution in [0.5, 0.6) is 0 Å². The molecule has 19 heavy (non-hydrogen) atoms. The number of rotatable bonds is 6. The molecule has 6 heteroatoms. The highest BCUT2D eigenvalue weighted by Crippen LogP contribution is 2.29. The van der Waals surface area contributed by atoms with Crippen LogP contribution in [0.2, 0.25) is 0 Å². The molecule has 0 amide bonds. The fraction of sp³-hybridized carbons (Fsp3) is 0.462. The molecule has 0 heterocycles. The highest BCUT2D eigenvalue weighted by atomic mass is 79.9. The Kier molecular flexibility index (Phi) is 6.11. The molecule has 0 aromatic heterocycles. The standard InChI is InChI=1S/C13H19BrN2O3/c1-4-8(7-18-2)16-12-5-9(13(17)19-3)11(15)6-10(12)14/h5-6,8,16H,4,7,15H2,1-3H3. The highest BCUT2D eigenvalue weighted by Gasteiger charge is 2.15. The van der Waals surface area contributed by atoms with Crippen molar-refractivity contribution in [3.63, 3.8) is 0 Å². The van der Waals surface area contributed by atoms with Gasteiger partial charge < -0.3 is 20.5 Å². The van der Waals surface area contributed by atoms with Crippen molar-refractivity contribution < 1.29 is 14.3 Å². The largest absolute Gasteiger partial charge is 0.465 e. The third kappa shape index (κ3) is 4.11. The number of hydrogen-bond acceptors (Lipinski definition) is 5. The molecule has 0 saturated heterocycles. The van der Waals surface area contributed by atoms with Crippen LogP contribution in [0.1, 0.15) is 23.7 Å². The van der Waals surface area contributed by atoms with Crippen LogP contribution >= 0.6 is 15.9 Å². The molecule has 0 bridgehead atoms. The molecule has 1 atom stereocenters. The Balaban J connectivity index is 3.03. The average Bonchev–Trinajstić information content (AvgIpc) is 2.40. The first-order valence-corrected chi connectivity index (χ1v) is 6.75. The van der Waals surface area contributed by atoms with E-state index in [1.807, 2.05) is 0 Å². The normalized spacial score (nSPS) is 12.0. The fourth-order valence-corrected chi connectivity index (χ4v) is 2.14. The smallest absolute Gasteiger partial charge is 0.340 e. The molecule has 5 nitrogen and oxygen atoms in total. The van der Waals surface area contributed by atoms with Crippen LogP contribution in [0, 0.1) is 0 Å². The Morgan fingerprint density at radius 1 is 1.47 bits per heavy atom. The lowest BCUT2D eigenvalue weighted by Crippen LogP contribution is -2.24. The molecule has 0 saturated carbocycles. The number of carbonyl (C=O) groups is 1. The molecule has 0 aliphatic rings. The van der Waals surface area contributed by atoms with Gasteiger partial charge in [-0.25, -0.2) is 4.79 Å². The summed E-state index contributed by atoms with van der Waals surface area (Å²) in [6.07, 6.45) is 0.901. The van der Waals surface area contributed by atoms with Crippen LogP contribution in [0.4, 0.5) is 11.4 Å². The first-order valence-electron chi connectivity index (χ1n) is 5.96. The van der Waals surface area contributed by atoms with E-state index >= 15 is 0 Å². The summed E-state index contributed by atoms with van der Waals surface area (Å²) in [4.78, 5) is 11.6. The zero-order valence-electron chi connectivity index (χ0n) is 11.3. The van der Waals surface area contributed by atoms with Crippen LogP contribution in [-0.2, 0) is 9.47 Å². The third-order valence-corrected chi connectivity index (χ3v) is 3.42. The molecule has 0 radical (unpaired) electrons. The monoisotopic (exact) mass is 330 g/mol. The average molecular weight is 331 g/mol. The van der Waals surface area contributed by atoms with E-state index in [4.69, 9.17) is 15.2 Å². The van der Waals surface area contributed by atoms with Gasteiger partial charge >= 0.3 is 5.97 Å². The Morgan fingerprint density at radius 3 is 2.68 bits per heavy atom. The predicted molar refractivity (Wildman–Crippen MR) is 79.5 cm³/mol. The maximum atomic E-state index is 11.6. The lowest BCUT2D eigenvalue weighted by atomic mass is 10.1. The van der Waals surface area contributed by atoms with Crippen LogP contribution in [0.25, 0.3) is 0 Å². The zero-order chi connectivity index (χ0) is 14.4. The number of halogens is 1. The van der Waals surface area contributed by atoms with Gasteiger partial charge in [-0.05, 0) is 34.5 Å². The minimum atomic E-state index is -0.451. The Bertz CT molecular complexity index is 452. The summed E-state index contributed by atoms with van der Waals surface area (Å²) in [6.45, 7) is 2.64. The van der Waals surface area contributed by atoms with Crippen molar-refractivity contribution in [2.75, 3.05) is 31.9 Å². The number of nitrogens with one attached hydrogen (secondary N) is 1. The molecular formula is C13H19BrN2O3. The molecule has 0 fully saturated rings. The van der Waals surface area contributed by atoms with E-state index in [0.717, 1.165) is 16.6 Å². The Hall–Kier alpha value is -1.27. The molecular weight excluding hydrogens is 312 g/mol. The van der Waals surface area contributed by atoms with E-state index in [0.29, 0.717) is 17.9 Å². The number of nitrogen functional groups attached to an aromatic ring is 1. The zero-order valence-corrected chi connectivity index (χ0v) is 12.9. The van der Waals surface area contributed by atoms with Gasteiger partial charge in [0, 0.05) is 29.0 Å². The Morgan fingerprint density at radius 2 is 2.16 bits per heavy atom. The summed E-state index contributed by atoms with van der Waals surface area (Å²) in [5.41, 5.74) is 7.32. The number of benzene rings is 1. The topological polar surface area (TPSA) is 73.6 Å². The molecule has 1 unspecified atom stereocenters. The second-order valence-corrected chi connectivity index (χ2v) is 4.97. The predicted octanol–water partition coefficient (Wildman–Crippen LogP) is 2.65. The van der Waals surface area contributed by atoms with E-state index in [-0.39, 0.29) is 6.04 Å². The number of carbonyl (C=O) groups excluding carboxylic acids is 1. The molecule has 0 spiro atoms. The van der Waals surface area contributed by atoms with Gasteiger partial charge in [-0.2, -0.15) is 0 Å².